The second-order valence-electron chi connectivity index (χ2n) is 9.26. The summed E-state index contributed by atoms with van der Waals surface area (Å²) < 4.78 is 0. The maximum absolute atomic E-state index is 10.7. The van der Waals surface area contributed by atoms with Gasteiger partial charge in [-0.2, -0.15) is 0 Å². The first-order valence-corrected chi connectivity index (χ1v) is 11.1. The van der Waals surface area contributed by atoms with Crippen LogP contribution in [0.2, 0.25) is 0 Å². The molecule has 1 aliphatic rings. The van der Waals surface area contributed by atoms with Crippen LogP contribution in [0.15, 0.2) is 59.2 Å². The lowest BCUT2D eigenvalue weighted by molar-refractivity contribution is 0.165. The fourth-order valence-electron chi connectivity index (χ4n) is 3.74. The molecule has 0 heterocycles. The van der Waals surface area contributed by atoms with Crippen LogP contribution in [-0.2, 0) is 6.42 Å². The van der Waals surface area contributed by atoms with E-state index in [1.54, 1.807) is 12.1 Å². The largest absolute Gasteiger partial charge is 0.508 e. The molecular weight excluding hydrogens is 372 g/mol. The molecule has 3 heteroatoms. The lowest BCUT2D eigenvalue weighted by Crippen LogP contribution is -2.22. The topological polar surface area (TPSA) is 60.7 Å². The van der Waals surface area contributed by atoms with Gasteiger partial charge in [-0.3, -0.25) is 0 Å². The summed E-state index contributed by atoms with van der Waals surface area (Å²) in [5.41, 5.74) is 4.71. The number of aliphatic hydroxyl groups is 1. The third kappa shape index (κ3) is 6.37. The molecule has 30 heavy (non-hydrogen) atoms. The standard InChI is InChI=1S/C27H38O3/c1-17(2)7-11-22-16-21(15-20(6)26(22)29)10-9-19(5)23-13-14-25(28)24(27(23)30)12-8-18(3)4/h8-10,13-17,19-20,26,28-30H,7,11-12H2,1-6H3/b10-9+. The quantitative estimate of drug-likeness (QED) is 0.425. The van der Waals surface area contributed by atoms with Gasteiger partial charge in [-0.1, -0.05) is 69.7 Å². The molecule has 0 spiro atoms. The summed E-state index contributed by atoms with van der Waals surface area (Å²) >= 11 is 0. The van der Waals surface area contributed by atoms with E-state index in [4.69, 9.17) is 0 Å². The first kappa shape index (κ1) is 24.0. The van der Waals surface area contributed by atoms with Crippen molar-refractivity contribution in [2.24, 2.45) is 11.8 Å². The predicted molar refractivity (Wildman–Crippen MR) is 126 cm³/mol. The Kier molecular flexibility index (Phi) is 8.54. The molecule has 0 saturated carbocycles. The summed E-state index contributed by atoms with van der Waals surface area (Å²) in [4.78, 5) is 0. The predicted octanol–water partition coefficient (Wildman–Crippen LogP) is 6.57. The van der Waals surface area contributed by atoms with Crippen molar-refractivity contribution in [3.8, 4) is 11.5 Å². The van der Waals surface area contributed by atoms with Crippen molar-refractivity contribution in [1.82, 2.24) is 0 Å². The molecule has 0 aromatic heterocycles. The van der Waals surface area contributed by atoms with Crippen molar-refractivity contribution in [2.75, 3.05) is 0 Å². The molecule has 164 valence electrons. The number of hydrogen-bond donors (Lipinski definition) is 3. The summed E-state index contributed by atoms with van der Waals surface area (Å²) in [5, 5.41) is 31.4. The highest BCUT2D eigenvalue weighted by Crippen LogP contribution is 2.36. The van der Waals surface area contributed by atoms with Gasteiger partial charge in [0, 0.05) is 23.0 Å². The van der Waals surface area contributed by atoms with Gasteiger partial charge in [0.15, 0.2) is 0 Å². The van der Waals surface area contributed by atoms with Gasteiger partial charge >= 0.3 is 0 Å². The molecule has 3 nitrogen and oxygen atoms in total. The number of phenols is 2. The van der Waals surface area contributed by atoms with E-state index in [2.05, 4.69) is 38.2 Å². The van der Waals surface area contributed by atoms with E-state index in [1.807, 2.05) is 33.8 Å². The van der Waals surface area contributed by atoms with Gasteiger partial charge < -0.3 is 15.3 Å². The Balaban J connectivity index is 2.22. The number of phenolic OH excluding ortho intramolecular Hbond substituents is 2. The average molecular weight is 411 g/mol. The zero-order valence-electron chi connectivity index (χ0n) is 19.3. The molecule has 0 aliphatic heterocycles. The van der Waals surface area contributed by atoms with Crippen molar-refractivity contribution < 1.29 is 15.3 Å². The van der Waals surface area contributed by atoms with E-state index in [0.717, 1.165) is 35.1 Å². The second-order valence-corrected chi connectivity index (χ2v) is 9.26. The minimum Gasteiger partial charge on any atom is -0.508 e. The molecule has 0 saturated heterocycles. The lowest BCUT2D eigenvalue weighted by atomic mass is 9.85. The maximum Gasteiger partial charge on any atom is 0.126 e. The summed E-state index contributed by atoms with van der Waals surface area (Å²) in [6, 6.07) is 3.45. The molecule has 2 rings (SSSR count). The zero-order chi connectivity index (χ0) is 22.4. The highest BCUT2D eigenvalue weighted by molar-refractivity contribution is 5.52. The van der Waals surface area contributed by atoms with Crippen LogP contribution in [0.3, 0.4) is 0 Å². The highest BCUT2D eigenvalue weighted by Gasteiger charge is 2.21. The van der Waals surface area contributed by atoms with Crippen molar-refractivity contribution in [1.29, 1.82) is 0 Å². The van der Waals surface area contributed by atoms with E-state index in [1.165, 1.54) is 0 Å². The second kappa shape index (κ2) is 10.7. The number of hydrogen-bond acceptors (Lipinski definition) is 3. The summed E-state index contributed by atoms with van der Waals surface area (Å²) in [5.74, 6) is 0.979. The number of benzene rings is 1. The van der Waals surface area contributed by atoms with Crippen LogP contribution >= 0.6 is 0 Å². The Morgan fingerprint density at radius 1 is 1.13 bits per heavy atom. The van der Waals surface area contributed by atoms with Crippen LogP contribution in [-0.4, -0.2) is 21.4 Å². The SMILES string of the molecule is CC(C)=CCc1c(O)ccc(C(C)/C=C/C2=CC(C)C(O)C(CCC(C)C)=C2)c1O. The van der Waals surface area contributed by atoms with Crippen LogP contribution in [0.25, 0.3) is 0 Å². The number of allylic oxidation sites excluding steroid dienone is 6. The molecule has 0 radical (unpaired) electrons. The molecule has 3 unspecified atom stereocenters. The third-order valence-corrected chi connectivity index (χ3v) is 5.77. The Hall–Kier alpha value is -2.26. The van der Waals surface area contributed by atoms with E-state index in [-0.39, 0.29) is 23.3 Å². The van der Waals surface area contributed by atoms with Crippen LogP contribution in [0.4, 0.5) is 0 Å². The Morgan fingerprint density at radius 2 is 1.83 bits per heavy atom. The number of aromatic hydroxyl groups is 2. The van der Waals surface area contributed by atoms with Crippen molar-refractivity contribution in [3.05, 3.63) is 70.4 Å². The van der Waals surface area contributed by atoms with Crippen LogP contribution in [0, 0.1) is 11.8 Å². The van der Waals surface area contributed by atoms with Gasteiger partial charge in [0.25, 0.3) is 0 Å². The molecule has 0 bridgehead atoms. The maximum atomic E-state index is 10.7. The molecule has 0 amide bonds. The summed E-state index contributed by atoms with van der Waals surface area (Å²) in [6.07, 6.45) is 12.4. The van der Waals surface area contributed by atoms with Crippen LogP contribution in [0.5, 0.6) is 11.5 Å². The highest BCUT2D eigenvalue weighted by atomic mass is 16.3. The molecule has 0 fully saturated rings. The first-order chi connectivity index (χ1) is 14.1. The van der Waals surface area contributed by atoms with Gasteiger partial charge in [-0.15, -0.1) is 0 Å². The van der Waals surface area contributed by atoms with Crippen molar-refractivity contribution >= 4 is 0 Å². The fraction of sp³-hybridized carbons (Fsp3) is 0.481. The number of aliphatic hydroxyl groups excluding tert-OH is 1. The third-order valence-electron chi connectivity index (χ3n) is 5.77. The molecule has 1 aromatic rings. The molecule has 1 aromatic carbocycles. The first-order valence-electron chi connectivity index (χ1n) is 11.1. The van der Waals surface area contributed by atoms with E-state index >= 15 is 0 Å². The van der Waals surface area contributed by atoms with E-state index in [0.29, 0.717) is 17.9 Å². The Bertz CT molecular complexity index is 851. The van der Waals surface area contributed by atoms with Gasteiger partial charge in [-0.05, 0) is 56.2 Å². The smallest absolute Gasteiger partial charge is 0.126 e. The minimum atomic E-state index is -0.405. The Labute approximate surface area is 182 Å². The number of rotatable bonds is 8. The summed E-state index contributed by atoms with van der Waals surface area (Å²) in [6.45, 7) is 12.5. The van der Waals surface area contributed by atoms with E-state index < -0.39 is 6.10 Å². The molecule has 3 N–H and O–H groups in total. The fourth-order valence-corrected chi connectivity index (χ4v) is 3.74. The van der Waals surface area contributed by atoms with Crippen molar-refractivity contribution in [2.45, 2.75) is 72.8 Å². The lowest BCUT2D eigenvalue weighted by Gasteiger charge is -2.25. The normalized spacial score (nSPS) is 20.3. The summed E-state index contributed by atoms with van der Waals surface area (Å²) in [7, 11) is 0. The van der Waals surface area contributed by atoms with Crippen LogP contribution in [0.1, 0.15) is 71.4 Å². The minimum absolute atomic E-state index is 0.00776. The van der Waals surface area contributed by atoms with Gasteiger partial charge in [0.05, 0.1) is 6.10 Å². The van der Waals surface area contributed by atoms with E-state index in [9.17, 15) is 15.3 Å². The van der Waals surface area contributed by atoms with Gasteiger partial charge in [0.2, 0.25) is 0 Å². The zero-order valence-corrected chi connectivity index (χ0v) is 19.3. The monoisotopic (exact) mass is 410 g/mol. The van der Waals surface area contributed by atoms with Crippen LogP contribution < -0.4 is 0 Å². The molecule has 3 atom stereocenters. The molecule has 1 aliphatic carbocycles. The van der Waals surface area contributed by atoms with Gasteiger partial charge in [-0.25, -0.2) is 0 Å². The molecular formula is C27H38O3. The van der Waals surface area contributed by atoms with Gasteiger partial charge in [0.1, 0.15) is 11.5 Å². The van der Waals surface area contributed by atoms with Crippen molar-refractivity contribution in [3.63, 3.8) is 0 Å². The Morgan fingerprint density at radius 3 is 2.47 bits per heavy atom. The average Bonchev–Trinajstić information content (AvgIpc) is 2.67.